The first-order valence-electron chi connectivity index (χ1n) is 6.25. The zero-order chi connectivity index (χ0) is 15.3. The molecular formula is C15H11BrFIN2S. The van der Waals surface area contributed by atoms with Crippen LogP contribution in [0.4, 0.5) is 4.39 Å². The second-order valence-electron chi connectivity index (χ2n) is 4.96. The Morgan fingerprint density at radius 1 is 1.24 bits per heavy atom. The molecule has 2 nitrogen and oxygen atoms in total. The van der Waals surface area contributed by atoms with Gasteiger partial charge < -0.3 is 4.98 Å². The molecule has 0 unspecified atom stereocenters. The van der Waals surface area contributed by atoms with Crippen molar-refractivity contribution in [3.63, 3.8) is 0 Å². The fraction of sp³-hybridized carbons (Fsp3) is 0.133. The lowest BCUT2D eigenvalue weighted by atomic mass is 10.1. The molecule has 2 aromatic carbocycles. The molecule has 1 aromatic heterocycles. The van der Waals surface area contributed by atoms with Crippen LogP contribution in [0, 0.1) is 28.0 Å². The van der Waals surface area contributed by atoms with Gasteiger partial charge in [0.15, 0.2) is 4.77 Å². The lowest BCUT2D eigenvalue weighted by molar-refractivity contribution is 0.622. The Kier molecular flexibility index (Phi) is 3.96. The van der Waals surface area contributed by atoms with E-state index in [1.165, 1.54) is 6.07 Å². The van der Waals surface area contributed by atoms with Gasteiger partial charge in [0.25, 0.3) is 0 Å². The van der Waals surface area contributed by atoms with E-state index in [0.29, 0.717) is 8.34 Å². The monoisotopic (exact) mass is 476 g/mol. The molecule has 3 rings (SSSR count). The number of benzene rings is 2. The second kappa shape index (κ2) is 5.48. The lowest BCUT2D eigenvalue weighted by Crippen LogP contribution is -2.00. The predicted molar refractivity (Wildman–Crippen MR) is 98.3 cm³/mol. The van der Waals surface area contributed by atoms with Crippen molar-refractivity contribution in [3.8, 4) is 5.69 Å². The summed E-state index contributed by atoms with van der Waals surface area (Å²) in [6.45, 7) is 4.06. The number of aromatic amines is 1. The van der Waals surface area contributed by atoms with Crippen LogP contribution in [0.15, 0.2) is 28.7 Å². The van der Waals surface area contributed by atoms with Gasteiger partial charge in [-0.05, 0) is 87.8 Å². The topological polar surface area (TPSA) is 20.7 Å². The molecule has 1 N–H and O–H groups in total. The highest BCUT2D eigenvalue weighted by Crippen LogP contribution is 2.31. The maximum absolute atomic E-state index is 13.9. The Balaban J connectivity index is 2.44. The van der Waals surface area contributed by atoms with E-state index in [0.717, 1.165) is 32.3 Å². The standard InChI is InChI=1S/C15H11BrFIN2S/c1-7-3-8(2)14(9(16)4-7)20-13-5-10(17)11(18)6-12(13)19-15(20)21/h3-6H,1-2H3,(H,19,21). The normalized spacial score (nSPS) is 11.3. The molecule has 0 saturated carbocycles. The average molecular weight is 477 g/mol. The zero-order valence-electron chi connectivity index (χ0n) is 11.3. The Hall–Kier alpha value is -0.730. The van der Waals surface area contributed by atoms with Gasteiger partial charge in [-0.3, -0.25) is 4.57 Å². The number of halogens is 3. The Bertz CT molecular complexity index is 906. The van der Waals surface area contributed by atoms with Crippen LogP contribution >= 0.6 is 50.7 Å². The number of fused-ring (bicyclic) bond motifs is 1. The first kappa shape index (κ1) is 15.2. The SMILES string of the molecule is Cc1cc(C)c(-n2c(=S)[nH]c3cc(I)c(F)cc32)c(Br)c1. The minimum Gasteiger partial charge on any atom is -0.330 e. The molecule has 0 amide bonds. The Labute approximate surface area is 148 Å². The highest BCUT2D eigenvalue weighted by molar-refractivity contribution is 14.1. The van der Waals surface area contributed by atoms with Crippen LogP contribution in [0.3, 0.4) is 0 Å². The predicted octanol–water partition coefficient (Wildman–Crippen LogP) is 5.81. The molecule has 0 aliphatic rings. The summed E-state index contributed by atoms with van der Waals surface area (Å²) >= 11 is 11.0. The number of aryl methyl sites for hydroxylation is 2. The number of hydrogen-bond acceptors (Lipinski definition) is 1. The van der Waals surface area contributed by atoms with Crippen LogP contribution < -0.4 is 0 Å². The maximum atomic E-state index is 13.9. The average Bonchev–Trinajstić information content (AvgIpc) is 2.66. The third-order valence-corrected chi connectivity index (χ3v) is 5.06. The zero-order valence-corrected chi connectivity index (χ0v) is 15.9. The number of imidazole rings is 1. The third-order valence-electron chi connectivity index (χ3n) is 3.35. The molecular weight excluding hydrogens is 466 g/mol. The van der Waals surface area contributed by atoms with Crippen molar-refractivity contribution in [3.05, 3.63) is 54.0 Å². The molecule has 0 radical (unpaired) electrons. The van der Waals surface area contributed by atoms with E-state index in [2.05, 4.69) is 27.0 Å². The molecule has 21 heavy (non-hydrogen) atoms. The van der Waals surface area contributed by atoms with E-state index in [4.69, 9.17) is 12.2 Å². The summed E-state index contributed by atoms with van der Waals surface area (Å²) in [4.78, 5) is 3.15. The quantitative estimate of drug-likeness (QED) is 0.347. The second-order valence-corrected chi connectivity index (χ2v) is 7.36. The van der Waals surface area contributed by atoms with Crippen LogP contribution in [0.1, 0.15) is 11.1 Å². The third kappa shape index (κ3) is 2.57. The molecule has 0 bridgehead atoms. The van der Waals surface area contributed by atoms with Gasteiger partial charge in [-0.25, -0.2) is 4.39 Å². The number of nitrogens with one attached hydrogen (secondary N) is 1. The first-order valence-corrected chi connectivity index (χ1v) is 8.53. The first-order chi connectivity index (χ1) is 9.88. The van der Waals surface area contributed by atoms with Gasteiger partial charge in [-0.15, -0.1) is 0 Å². The highest BCUT2D eigenvalue weighted by Gasteiger charge is 2.14. The summed E-state index contributed by atoms with van der Waals surface area (Å²) < 4.78 is 17.9. The highest BCUT2D eigenvalue weighted by atomic mass is 127. The van der Waals surface area contributed by atoms with Gasteiger partial charge >= 0.3 is 0 Å². The van der Waals surface area contributed by atoms with Crippen LogP contribution in [0.5, 0.6) is 0 Å². The van der Waals surface area contributed by atoms with Crippen molar-refractivity contribution >= 4 is 61.8 Å². The summed E-state index contributed by atoms with van der Waals surface area (Å²) in [5.41, 5.74) is 4.76. The minimum absolute atomic E-state index is 0.244. The number of rotatable bonds is 1. The lowest BCUT2D eigenvalue weighted by Gasteiger charge is -2.12. The molecule has 3 aromatic rings. The molecule has 0 aliphatic carbocycles. The number of aromatic nitrogens is 2. The van der Waals surface area contributed by atoms with Gasteiger partial charge in [0.05, 0.1) is 20.3 Å². The summed E-state index contributed by atoms with van der Waals surface area (Å²) in [7, 11) is 0. The molecule has 0 fully saturated rings. The van der Waals surface area contributed by atoms with E-state index >= 15 is 0 Å². The number of hydrogen-bond donors (Lipinski definition) is 1. The summed E-state index contributed by atoms with van der Waals surface area (Å²) in [5, 5.41) is 0. The molecule has 1 heterocycles. The van der Waals surface area contributed by atoms with Crippen molar-refractivity contribution in [2.45, 2.75) is 13.8 Å². The van der Waals surface area contributed by atoms with Gasteiger partial charge in [0.1, 0.15) is 5.82 Å². The fourth-order valence-corrected chi connectivity index (χ4v) is 4.13. The van der Waals surface area contributed by atoms with E-state index < -0.39 is 0 Å². The van der Waals surface area contributed by atoms with Gasteiger partial charge in [0, 0.05) is 10.5 Å². The van der Waals surface area contributed by atoms with Gasteiger partial charge in [-0.2, -0.15) is 0 Å². The smallest absolute Gasteiger partial charge is 0.182 e. The maximum Gasteiger partial charge on any atom is 0.182 e. The van der Waals surface area contributed by atoms with E-state index in [-0.39, 0.29) is 5.82 Å². The molecule has 108 valence electrons. The van der Waals surface area contributed by atoms with Crippen molar-refractivity contribution < 1.29 is 4.39 Å². The summed E-state index contributed by atoms with van der Waals surface area (Å²) in [5.74, 6) is -0.244. The molecule has 6 heteroatoms. The number of nitrogens with zero attached hydrogens (tertiary/aromatic N) is 1. The van der Waals surface area contributed by atoms with Gasteiger partial charge in [0.2, 0.25) is 0 Å². The summed E-state index contributed by atoms with van der Waals surface area (Å²) in [6.07, 6.45) is 0. The van der Waals surface area contributed by atoms with E-state index in [1.54, 1.807) is 6.07 Å². The van der Waals surface area contributed by atoms with Crippen molar-refractivity contribution in [1.82, 2.24) is 9.55 Å². The minimum atomic E-state index is -0.244. The van der Waals surface area contributed by atoms with Crippen molar-refractivity contribution in [1.29, 1.82) is 0 Å². The van der Waals surface area contributed by atoms with E-state index in [1.807, 2.05) is 47.1 Å². The molecule has 0 saturated heterocycles. The molecule has 0 spiro atoms. The van der Waals surface area contributed by atoms with Crippen LogP contribution in [-0.4, -0.2) is 9.55 Å². The molecule has 0 aliphatic heterocycles. The summed E-state index contributed by atoms with van der Waals surface area (Å²) in [6, 6.07) is 7.42. The van der Waals surface area contributed by atoms with Crippen LogP contribution in [0.25, 0.3) is 16.7 Å². The Morgan fingerprint density at radius 3 is 2.62 bits per heavy atom. The number of H-pyrrole nitrogens is 1. The van der Waals surface area contributed by atoms with Crippen molar-refractivity contribution in [2.75, 3.05) is 0 Å². The van der Waals surface area contributed by atoms with Crippen LogP contribution in [-0.2, 0) is 0 Å². The Morgan fingerprint density at radius 2 is 1.95 bits per heavy atom. The fourth-order valence-electron chi connectivity index (χ4n) is 2.52. The van der Waals surface area contributed by atoms with Crippen LogP contribution in [0.2, 0.25) is 0 Å². The van der Waals surface area contributed by atoms with E-state index in [9.17, 15) is 4.39 Å². The van der Waals surface area contributed by atoms with Crippen molar-refractivity contribution in [2.24, 2.45) is 0 Å². The van der Waals surface area contributed by atoms with Gasteiger partial charge in [-0.1, -0.05) is 6.07 Å². The molecule has 0 atom stereocenters. The largest absolute Gasteiger partial charge is 0.330 e.